The lowest BCUT2D eigenvalue weighted by atomic mass is 9.88. The van der Waals surface area contributed by atoms with Gasteiger partial charge in [0, 0.05) is 10.3 Å². The third kappa shape index (κ3) is 1.06. The highest BCUT2D eigenvalue weighted by Crippen LogP contribution is 2.43. The lowest BCUT2D eigenvalue weighted by Gasteiger charge is -2.23. The van der Waals surface area contributed by atoms with Gasteiger partial charge in [-0.15, -0.1) is 0 Å². The van der Waals surface area contributed by atoms with Gasteiger partial charge in [0.2, 0.25) is 5.67 Å². The Kier molecular flexibility index (Phi) is 1.63. The number of fused-ring (bicyclic) bond motifs is 2. The Morgan fingerprint density at radius 3 is 3.09 bits per heavy atom. The van der Waals surface area contributed by atoms with E-state index >= 15 is 0 Å². The van der Waals surface area contributed by atoms with Crippen LogP contribution in [-0.4, -0.2) is 21.7 Å². The van der Waals surface area contributed by atoms with Gasteiger partial charge in [-0.2, -0.15) is 0 Å². The Morgan fingerprint density at radius 2 is 2.45 bits per heavy atom. The minimum Gasteiger partial charge on any atom is -0.459 e. The number of alkyl halides is 2. The van der Waals surface area contributed by atoms with Gasteiger partial charge in [-0.3, -0.25) is 0 Å². The fourth-order valence-corrected chi connectivity index (χ4v) is 2.36. The normalized spacial score (nSPS) is 49.1. The molecule has 2 fully saturated rings. The molecule has 0 N–H and O–H groups in total. The molecule has 0 spiro atoms. The maximum atomic E-state index is 13.4. The number of rotatable bonds is 0. The maximum Gasteiger partial charge on any atom is 0.344 e. The summed E-state index contributed by atoms with van der Waals surface area (Å²) in [4.78, 5) is 10.9. The molecule has 0 aromatic rings. The summed E-state index contributed by atoms with van der Waals surface area (Å²) in [6.45, 7) is 0. The second-order valence-electron chi connectivity index (χ2n) is 3.17. The molecule has 0 amide bonds. The van der Waals surface area contributed by atoms with Crippen LogP contribution in [0.1, 0.15) is 19.3 Å². The second kappa shape index (κ2) is 2.31. The van der Waals surface area contributed by atoms with E-state index < -0.39 is 11.6 Å². The Morgan fingerprint density at radius 1 is 1.73 bits per heavy atom. The molecular formula is C7H8FIO2. The summed E-state index contributed by atoms with van der Waals surface area (Å²) < 4.78 is 18.6. The van der Waals surface area contributed by atoms with Gasteiger partial charge < -0.3 is 4.74 Å². The first-order chi connectivity index (χ1) is 5.12. The monoisotopic (exact) mass is 270 g/mol. The highest BCUT2D eigenvalue weighted by molar-refractivity contribution is 14.1. The lowest BCUT2D eigenvalue weighted by Crippen LogP contribution is -2.33. The molecule has 0 aromatic heterocycles. The van der Waals surface area contributed by atoms with Crippen LogP contribution < -0.4 is 0 Å². The maximum absolute atomic E-state index is 13.4. The molecule has 0 radical (unpaired) electrons. The van der Waals surface area contributed by atoms with Crippen molar-refractivity contribution < 1.29 is 13.9 Å². The Bertz CT molecular complexity index is 209. The van der Waals surface area contributed by atoms with E-state index in [2.05, 4.69) is 22.6 Å². The Hall–Kier alpha value is 0.130. The van der Waals surface area contributed by atoms with Crippen LogP contribution in [0.4, 0.5) is 4.39 Å². The standard InChI is InChI=1S/C7H8FIO2/c8-7-2-1-4(9)5(3-7)11-6(7)10/h4-5H,1-3H2/t4-,5+,7?/m0/s1. The summed E-state index contributed by atoms with van der Waals surface area (Å²) >= 11 is 2.22. The summed E-state index contributed by atoms with van der Waals surface area (Å²) in [5, 5.41) is 0. The molecule has 1 aliphatic carbocycles. The van der Waals surface area contributed by atoms with Crippen LogP contribution in [-0.2, 0) is 9.53 Å². The fourth-order valence-electron chi connectivity index (χ4n) is 1.65. The third-order valence-electron chi connectivity index (χ3n) is 2.37. The predicted molar refractivity (Wildman–Crippen MR) is 45.4 cm³/mol. The molecule has 1 saturated carbocycles. The van der Waals surface area contributed by atoms with Crippen LogP contribution in [0.2, 0.25) is 0 Å². The summed E-state index contributed by atoms with van der Waals surface area (Å²) in [6, 6.07) is 0. The highest BCUT2D eigenvalue weighted by atomic mass is 127. The van der Waals surface area contributed by atoms with Crippen LogP contribution in [0.25, 0.3) is 0 Å². The highest BCUT2D eigenvalue weighted by Gasteiger charge is 2.54. The summed E-state index contributed by atoms with van der Waals surface area (Å²) in [7, 11) is 0. The first-order valence-electron chi connectivity index (χ1n) is 3.66. The van der Waals surface area contributed by atoms with Crippen molar-refractivity contribution in [1.82, 2.24) is 0 Å². The molecule has 11 heavy (non-hydrogen) atoms. The topological polar surface area (TPSA) is 26.3 Å². The molecule has 2 aliphatic rings. The van der Waals surface area contributed by atoms with Crippen molar-refractivity contribution in [3.8, 4) is 0 Å². The lowest BCUT2D eigenvalue weighted by molar-refractivity contribution is -0.148. The SMILES string of the molecule is O=C1O[C@@H]2CC1(F)CC[C@@H]2I. The molecule has 2 nitrogen and oxygen atoms in total. The van der Waals surface area contributed by atoms with Crippen LogP contribution in [0.5, 0.6) is 0 Å². The first-order valence-corrected chi connectivity index (χ1v) is 4.90. The molecule has 4 heteroatoms. The van der Waals surface area contributed by atoms with E-state index in [1.807, 2.05) is 0 Å². The van der Waals surface area contributed by atoms with Crippen molar-refractivity contribution >= 4 is 28.6 Å². The molecule has 3 atom stereocenters. The van der Waals surface area contributed by atoms with E-state index in [1.165, 1.54) is 0 Å². The van der Waals surface area contributed by atoms with Crippen LogP contribution >= 0.6 is 22.6 Å². The van der Waals surface area contributed by atoms with Crippen molar-refractivity contribution in [2.45, 2.75) is 35.0 Å². The van der Waals surface area contributed by atoms with Gasteiger partial charge in [0.1, 0.15) is 6.10 Å². The zero-order chi connectivity index (χ0) is 8.06. The first kappa shape index (κ1) is 7.76. The van der Waals surface area contributed by atoms with E-state index in [-0.39, 0.29) is 12.5 Å². The van der Waals surface area contributed by atoms with E-state index in [1.54, 1.807) is 0 Å². The van der Waals surface area contributed by atoms with Crippen molar-refractivity contribution in [3.63, 3.8) is 0 Å². The Labute approximate surface area is 77.6 Å². The largest absolute Gasteiger partial charge is 0.459 e. The number of ether oxygens (including phenoxy) is 1. The van der Waals surface area contributed by atoms with E-state index in [0.29, 0.717) is 10.3 Å². The number of carbonyl (C=O) groups excluding carboxylic acids is 1. The molecule has 1 heterocycles. The van der Waals surface area contributed by atoms with Crippen molar-refractivity contribution in [2.75, 3.05) is 0 Å². The third-order valence-corrected chi connectivity index (χ3v) is 3.79. The van der Waals surface area contributed by atoms with Crippen LogP contribution in [0.3, 0.4) is 0 Å². The van der Waals surface area contributed by atoms with Crippen molar-refractivity contribution in [2.24, 2.45) is 0 Å². The average molecular weight is 270 g/mol. The number of carbonyl (C=O) groups is 1. The predicted octanol–water partition coefficient (Wildman–Crippen LogP) is 1.61. The van der Waals surface area contributed by atoms with Gasteiger partial charge in [0.25, 0.3) is 0 Å². The molecule has 1 aliphatic heterocycles. The van der Waals surface area contributed by atoms with Crippen LogP contribution in [0, 0.1) is 0 Å². The fraction of sp³-hybridized carbons (Fsp3) is 0.857. The molecule has 2 rings (SSSR count). The van der Waals surface area contributed by atoms with Crippen LogP contribution in [0.15, 0.2) is 0 Å². The van der Waals surface area contributed by atoms with Gasteiger partial charge in [0.15, 0.2) is 0 Å². The zero-order valence-corrected chi connectivity index (χ0v) is 8.01. The van der Waals surface area contributed by atoms with Gasteiger partial charge >= 0.3 is 5.97 Å². The van der Waals surface area contributed by atoms with Gasteiger partial charge in [-0.25, -0.2) is 9.18 Å². The zero-order valence-electron chi connectivity index (χ0n) is 5.85. The smallest absolute Gasteiger partial charge is 0.344 e. The molecule has 1 saturated heterocycles. The number of hydrogen-bond donors (Lipinski definition) is 0. The minimum absolute atomic E-state index is 0.165. The van der Waals surface area contributed by atoms with E-state index in [9.17, 15) is 9.18 Å². The average Bonchev–Trinajstić information content (AvgIpc) is 2.20. The van der Waals surface area contributed by atoms with Gasteiger partial charge in [-0.1, -0.05) is 22.6 Å². The molecule has 62 valence electrons. The Balaban J connectivity index is 2.24. The van der Waals surface area contributed by atoms with E-state index in [4.69, 9.17) is 4.74 Å². The van der Waals surface area contributed by atoms with Crippen molar-refractivity contribution in [1.29, 1.82) is 0 Å². The summed E-state index contributed by atoms with van der Waals surface area (Å²) in [6.07, 6.45) is 1.21. The second-order valence-corrected chi connectivity index (χ2v) is 4.77. The van der Waals surface area contributed by atoms with Gasteiger partial charge in [-0.05, 0) is 12.8 Å². The summed E-state index contributed by atoms with van der Waals surface area (Å²) in [5.74, 6) is -0.637. The number of esters is 1. The van der Waals surface area contributed by atoms with E-state index in [0.717, 1.165) is 6.42 Å². The minimum atomic E-state index is -1.63. The quantitative estimate of drug-likeness (QED) is 0.380. The molecule has 1 unspecified atom stereocenters. The molecule has 2 bridgehead atoms. The number of halogens is 2. The number of hydrogen-bond acceptors (Lipinski definition) is 2. The molecule has 0 aromatic carbocycles. The molecular weight excluding hydrogens is 262 g/mol. The summed E-state index contributed by atoms with van der Waals surface area (Å²) in [5.41, 5.74) is -1.63. The van der Waals surface area contributed by atoms with Gasteiger partial charge in [0.05, 0.1) is 0 Å². The van der Waals surface area contributed by atoms with Crippen molar-refractivity contribution in [3.05, 3.63) is 0 Å².